The van der Waals surface area contributed by atoms with Crippen molar-refractivity contribution in [1.82, 2.24) is 14.5 Å². The summed E-state index contributed by atoms with van der Waals surface area (Å²) in [4.78, 5) is 9.89. The molecule has 0 saturated heterocycles. The monoisotopic (exact) mass is 1060 g/mol. The predicted molar refractivity (Wildman–Crippen MR) is 273 cm³/mol. The Hall–Kier alpha value is -6.35. The molecule has 9 aromatic rings. The zero-order valence-electron chi connectivity index (χ0n) is 57.0. The van der Waals surface area contributed by atoms with Crippen molar-refractivity contribution < 1.29 is 55.0 Å². The summed E-state index contributed by atoms with van der Waals surface area (Å²) < 4.78 is 183. The van der Waals surface area contributed by atoms with Crippen LogP contribution < -0.4 is 0 Å². The van der Waals surface area contributed by atoms with Crippen LogP contribution in [0.4, 0.5) is 0 Å². The van der Waals surface area contributed by atoms with E-state index in [1.807, 2.05) is 105 Å². The molecular formula is C61H58N3OPt-. The molecule has 7 aromatic carbocycles. The van der Waals surface area contributed by atoms with Crippen LogP contribution in [0.5, 0.6) is 5.75 Å². The molecule has 1 N–H and O–H groups in total. The smallest absolute Gasteiger partial charge is 0.148 e. The van der Waals surface area contributed by atoms with Gasteiger partial charge in [-0.2, -0.15) is 0 Å². The number of nitrogens with zero attached hydrogens (tertiary/aromatic N) is 3. The molecule has 9 rings (SSSR count). The van der Waals surface area contributed by atoms with Crippen LogP contribution in [0.25, 0.3) is 83.9 Å². The van der Waals surface area contributed by atoms with E-state index in [4.69, 9.17) is 38.8 Å². The molecule has 0 unspecified atom stereocenters. The van der Waals surface area contributed by atoms with Gasteiger partial charge in [-0.1, -0.05) is 192 Å². The number of hydrogen-bond donors (Lipinski definition) is 1. The van der Waals surface area contributed by atoms with E-state index in [0.29, 0.717) is 57.2 Å². The van der Waals surface area contributed by atoms with Crippen molar-refractivity contribution >= 4 is 11.0 Å². The number of aryl methyl sites for hydroxylation is 1. The van der Waals surface area contributed by atoms with Gasteiger partial charge in [-0.15, -0.1) is 23.8 Å². The van der Waals surface area contributed by atoms with Crippen LogP contribution in [0.15, 0.2) is 164 Å². The van der Waals surface area contributed by atoms with Crippen LogP contribution in [-0.2, 0) is 38.3 Å². The SMILES string of the molecule is [2H]C([2H])([2H])c1ccc(-c2ccnc(-c3[c-]c(-c4cccc5c4nc(-c4cc(C(C([2H])([2H])[2H])(C([2H])([2H])[2H])C([2H])([2H])[2H])cc(C(C([2H])([2H])[2H])(C([2H])([2H])[2H])C([2H])([2H])[2H])c4O)n5-c4ccc(-c5ccccc5)c(CC(C)C)c4)cc(-c4ccccc4)c3)c2)cc1.[Pt]. The first kappa shape index (κ1) is 26.7. The van der Waals surface area contributed by atoms with Gasteiger partial charge in [-0.25, -0.2) is 4.98 Å². The fourth-order valence-corrected chi connectivity index (χ4v) is 8.36. The second-order valence-corrected chi connectivity index (χ2v) is 16.7. The second-order valence-electron chi connectivity index (χ2n) is 16.7. The van der Waals surface area contributed by atoms with E-state index in [0.717, 1.165) is 22.3 Å². The molecule has 66 heavy (non-hydrogen) atoms. The number of rotatable bonds is 9. The molecule has 0 fully saturated rings. The Morgan fingerprint density at radius 3 is 2.02 bits per heavy atom. The average Bonchev–Trinajstić information content (AvgIpc) is 0.992. The molecule has 0 atom stereocenters. The first-order chi connectivity index (χ1) is 39.8. The van der Waals surface area contributed by atoms with Gasteiger partial charge in [0.25, 0.3) is 0 Å². The maximum atomic E-state index is 13.0. The molecule has 0 amide bonds. The molecule has 0 bridgehead atoms. The largest absolute Gasteiger partial charge is 0.507 e. The number of pyridine rings is 1. The Balaban J connectivity index is 0.00000982. The minimum absolute atomic E-state index is 0. The average molecular weight is 1070 g/mol. The summed E-state index contributed by atoms with van der Waals surface area (Å²) in [5, 5.41) is 13.0. The van der Waals surface area contributed by atoms with E-state index in [1.54, 1.807) is 48.7 Å². The van der Waals surface area contributed by atoms with Crippen molar-refractivity contribution in [1.29, 1.82) is 0 Å². The van der Waals surface area contributed by atoms with Crippen molar-refractivity contribution in [3.63, 3.8) is 0 Å². The van der Waals surface area contributed by atoms with Gasteiger partial charge in [-0.05, 0) is 99.3 Å². The van der Waals surface area contributed by atoms with Gasteiger partial charge in [0.2, 0.25) is 0 Å². The normalized spacial score (nSPS) is 17.9. The summed E-state index contributed by atoms with van der Waals surface area (Å²) in [5.41, 5.74) is -3.95. The second kappa shape index (κ2) is 18.5. The summed E-state index contributed by atoms with van der Waals surface area (Å²) in [6.45, 7) is -23.0. The Bertz CT molecular complexity index is 3900. The molecule has 5 heteroatoms. The van der Waals surface area contributed by atoms with Crippen molar-refractivity contribution in [2.24, 2.45) is 5.92 Å². The number of hydrogen-bond acceptors (Lipinski definition) is 3. The van der Waals surface area contributed by atoms with E-state index >= 15 is 0 Å². The van der Waals surface area contributed by atoms with E-state index in [9.17, 15) is 5.11 Å². The third-order valence-electron chi connectivity index (χ3n) is 11.5. The standard InChI is InChI=1S/C61H58N3O.Pt/c1-39(2)31-46-35-50(27-28-51(46)43-19-14-11-15-20-43)64-56-22-16-21-52(57(56)63-59(64)53-37-49(60(4,5)6)38-54(58(53)65)61(7,8)9)47-32-45(41-17-12-10-13-18-41)33-48(34-47)55-36-44(29-30-62-55)42-25-23-40(3)24-26-42;/h10-30,32-33,35-39,65H,31H2,1-9H3;/q-1;/i3D3,4D3,5D3,6D3,7D3,8D3,9D3;. The van der Waals surface area contributed by atoms with Gasteiger partial charge in [0.15, 0.2) is 0 Å². The first-order valence-corrected chi connectivity index (χ1v) is 21.1. The topological polar surface area (TPSA) is 50.9 Å². The van der Waals surface area contributed by atoms with Gasteiger partial charge in [0.05, 0.1) is 16.6 Å². The molecule has 2 aromatic heterocycles. The van der Waals surface area contributed by atoms with Crippen molar-refractivity contribution in [2.45, 2.75) is 79.1 Å². The summed E-state index contributed by atoms with van der Waals surface area (Å²) in [6, 6.07) is 47.5. The molecule has 0 aliphatic heterocycles. The number of aromatic hydroxyl groups is 1. The van der Waals surface area contributed by atoms with Gasteiger partial charge in [0.1, 0.15) is 11.6 Å². The van der Waals surface area contributed by atoms with E-state index < -0.39 is 87.1 Å². The number of fused-ring (bicyclic) bond motifs is 1. The van der Waals surface area contributed by atoms with Gasteiger partial charge >= 0.3 is 0 Å². The Labute approximate surface area is 435 Å². The van der Waals surface area contributed by atoms with E-state index in [2.05, 4.69) is 6.07 Å². The Morgan fingerprint density at radius 2 is 1.32 bits per heavy atom. The molecule has 2 heterocycles. The molecule has 334 valence electrons. The molecular weight excluding hydrogens is 986 g/mol. The number of phenolic OH excluding ortho intramolecular Hbond substituents is 1. The summed E-state index contributed by atoms with van der Waals surface area (Å²) in [6.07, 6.45) is 2.09. The van der Waals surface area contributed by atoms with Crippen LogP contribution in [0.2, 0.25) is 0 Å². The third kappa shape index (κ3) is 9.35. The number of phenols is 1. The fraction of sp³-hybridized carbons (Fsp3) is 0.213. The predicted octanol–water partition coefficient (Wildman–Crippen LogP) is 16.0. The maximum absolute atomic E-state index is 13.0. The van der Waals surface area contributed by atoms with Crippen molar-refractivity contribution in [2.75, 3.05) is 0 Å². The summed E-state index contributed by atoms with van der Waals surface area (Å²) >= 11 is 0. The quantitative estimate of drug-likeness (QED) is 0.147. The first-order valence-electron chi connectivity index (χ1n) is 31.6. The number of aromatic nitrogens is 3. The summed E-state index contributed by atoms with van der Waals surface area (Å²) in [5.74, 6) is -1.77. The van der Waals surface area contributed by atoms with Crippen LogP contribution >= 0.6 is 0 Å². The fourth-order valence-electron chi connectivity index (χ4n) is 8.36. The van der Waals surface area contributed by atoms with Gasteiger partial charge in [0, 0.05) is 73.0 Å². The molecule has 4 nitrogen and oxygen atoms in total. The molecule has 0 aliphatic carbocycles. The minimum atomic E-state index is -4.16. The molecule has 0 aliphatic rings. The Morgan fingerprint density at radius 1 is 0.621 bits per heavy atom. The molecule has 0 saturated carbocycles. The summed E-state index contributed by atoms with van der Waals surface area (Å²) in [7, 11) is 0. The van der Waals surface area contributed by atoms with Gasteiger partial charge in [-0.3, -0.25) is 9.55 Å². The van der Waals surface area contributed by atoms with Crippen LogP contribution in [0.1, 0.15) is 106 Å². The van der Waals surface area contributed by atoms with E-state index in [1.165, 1.54) is 16.7 Å². The van der Waals surface area contributed by atoms with Crippen LogP contribution in [0, 0.1) is 18.8 Å². The number of para-hydroxylation sites is 1. The third-order valence-corrected chi connectivity index (χ3v) is 11.5. The molecule has 0 spiro atoms. The maximum Gasteiger partial charge on any atom is 0.148 e. The minimum Gasteiger partial charge on any atom is -0.507 e. The van der Waals surface area contributed by atoms with E-state index in [-0.39, 0.29) is 49.6 Å². The van der Waals surface area contributed by atoms with Crippen LogP contribution in [-0.4, -0.2) is 19.6 Å². The Kier molecular flexibility index (Phi) is 7.49. The van der Waals surface area contributed by atoms with Crippen LogP contribution in [0.3, 0.4) is 0 Å². The zero-order chi connectivity index (χ0) is 63.1. The van der Waals surface area contributed by atoms with Crippen molar-refractivity contribution in [3.05, 3.63) is 192 Å². The van der Waals surface area contributed by atoms with Gasteiger partial charge < -0.3 is 5.11 Å². The number of imidazole rings is 1. The molecule has 0 radical (unpaired) electrons. The number of benzene rings is 7. The van der Waals surface area contributed by atoms with Crippen molar-refractivity contribution in [3.8, 4) is 78.6 Å². The zero-order valence-corrected chi connectivity index (χ0v) is 38.3.